The lowest BCUT2D eigenvalue weighted by Gasteiger charge is -2.25. The van der Waals surface area contributed by atoms with Crippen LogP contribution < -0.4 is 10.6 Å². The first-order valence-corrected chi connectivity index (χ1v) is 5.92. The number of aliphatic hydroxyl groups excluding tert-OH is 1. The molecule has 5 heteroatoms. The summed E-state index contributed by atoms with van der Waals surface area (Å²) >= 11 is 0. The number of amides is 1. The highest BCUT2D eigenvalue weighted by Crippen LogP contribution is 2.12. The molecular weight excluding hydrogens is 252 g/mol. The van der Waals surface area contributed by atoms with E-state index in [2.05, 4.69) is 10.6 Å². The predicted octanol–water partition coefficient (Wildman–Crippen LogP) is 0.997. The van der Waals surface area contributed by atoms with Gasteiger partial charge >= 0.3 is 0 Å². The molecule has 0 aromatic heterocycles. The van der Waals surface area contributed by atoms with Gasteiger partial charge in [-0.05, 0) is 18.1 Å². The molecule has 1 amide bonds. The topological polar surface area (TPSA) is 61.4 Å². The van der Waals surface area contributed by atoms with E-state index in [0.29, 0.717) is 6.54 Å². The fraction of sp³-hybridized carbons (Fsp3) is 0.462. The molecule has 0 aliphatic carbocycles. The zero-order valence-electron chi connectivity index (χ0n) is 10.3. The third-order valence-corrected chi connectivity index (χ3v) is 3.08. The molecule has 18 heavy (non-hydrogen) atoms. The maximum atomic E-state index is 11.6. The number of nitrogens with one attached hydrogen (secondary N) is 2. The van der Waals surface area contributed by atoms with Crippen molar-refractivity contribution in [3.8, 4) is 0 Å². The average Bonchev–Trinajstić information content (AvgIpc) is 2.24. The lowest BCUT2D eigenvalue weighted by molar-refractivity contribution is -0.126. The van der Waals surface area contributed by atoms with Gasteiger partial charge in [0.1, 0.15) is 0 Å². The summed E-state index contributed by atoms with van der Waals surface area (Å²) in [7, 11) is 0. The van der Waals surface area contributed by atoms with Crippen LogP contribution in [0.1, 0.15) is 24.2 Å². The van der Waals surface area contributed by atoms with Gasteiger partial charge in [0.15, 0.2) is 0 Å². The molecule has 4 nitrogen and oxygen atoms in total. The van der Waals surface area contributed by atoms with Gasteiger partial charge in [0.25, 0.3) is 0 Å². The third-order valence-electron chi connectivity index (χ3n) is 3.08. The number of carbonyl (C=O) groups excluding carboxylic acids is 1. The van der Waals surface area contributed by atoms with Gasteiger partial charge in [0, 0.05) is 19.6 Å². The lowest BCUT2D eigenvalue weighted by Crippen LogP contribution is -2.50. The van der Waals surface area contributed by atoms with E-state index in [0.717, 1.165) is 24.2 Å². The van der Waals surface area contributed by atoms with E-state index in [1.54, 1.807) is 6.92 Å². The first kappa shape index (κ1) is 15.0. The average molecular weight is 271 g/mol. The number of hydrogen-bond acceptors (Lipinski definition) is 3. The summed E-state index contributed by atoms with van der Waals surface area (Å²) in [6.45, 7) is 3.86. The molecule has 1 fully saturated rings. The molecule has 0 saturated carbocycles. The van der Waals surface area contributed by atoms with E-state index in [-0.39, 0.29) is 24.2 Å². The summed E-state index contributed by atoms with van der Waals surface area (Å²) < 4.78 is 0. The molecule has 0 bridgehead atoms. The minimum absolute atomic E-state index is 0. The van der Waals surface area contributed by atoms with E-state index in [9.17, 15) is 9.90 Å². The fourth-order valence-corrected chi connectivity index (χ4v) is 1.72. The van der Waals surface area contributed by atoms with Gasteiger partial charge in [-0.2, -0.15) is 0 Å². The zero-order valence-corrected chi connectivity index (χ0v) is 11.2. The standard InChI is InChI=1S/C13H18N2O2.ClH/c1-9(16)11-4-2-10(3-5-11)6-15-13(17)12-7-14-8-12;/h2-5,9,12,14,16H,6-8H2,1H3,(H,15,17);1H. The Morgan fingerprint density at radius 3 is 2.50 bits per heavy atom. The van der Waals surface area contributed by atoms with Crippen molar-refractivity contribution in [3.05, 3.63) is 35.4 Å². The van der Waals surface area contributed by atoms with Crippen LogP contribution in [-0.2, 0) is 11.3 Å². The van der Waals surface area contributed by atoms with Crippen LogP contribution in [0.25, 0.3) is 0 Å². The van der Waals surface area contributed by atoms with Gasteiger partial charge < -0.3 is 15.7 Å². The second kappa shape index (κ2) is 6.73. The van der Waals surface area contributed by atoms with Gasteiger partial charge in [0.2, 0.25) is 5.91 Å². The predicted molar refractivity (Wildman–Crippen MR) is 72.5 cm³/mol. The Morgan fingerprint density at radius 2 is 2.06 bits per heavy atom. The van der Waals surface area contributed by atoms with Crippen LogP contribution in [0.4, 0.5) is 0 Å². The number of carbonyl (C=O) groups is 1. The Kier molecular flexibility index (Phi) is 5.59. The summed E-state index contributed by atoms with van der Waals surface area (Å²) in [5.74, 6) is 0.245. The van der Waals surface area contributed by atoms with Crippen LogP contribution in [0.3, 0.4) is 0 Å². The van der Waals surface area contributed by atoms with Crippen molar-refractivity contribution in [2.75, 3.05) is 13.1 Å². The van der Waals surface area contributed by atoms with Gasteiger partial charge in [-0.1, -0.05) is 24.3 Å². The highest BCUT2D eigenvalue weighted by atomic mass is 35.5. The van der Waals surface area contributed by atoms with E-state index >= 15 is 0 Å². The highest BCUT2D eigenvalue weighted by Gasteiger charge is 2.24. The molecule has 3 N–H and O–H groups in total. The Morgan fingerprint density at radius 1 is 1.44 bits per heavy atom. The summed E-state index contributed by atoms with van der Waals surface area (Å²) in [6.07, 6.45) is -0.445. The van der Waals surface area contributed by atoms with Crippen molar-refractivity contribution in [1.82, 2.24) is 10.6 Å². The maximum Gasteiger partial charge on any atom is 0.225 e. The number of rotatable bonds is 4. The number of benzene rings is 1. The SMILES string of the molecule is CC(O)c1ccc(CNC(=O)C2CNC2)cc1.Cl. The summed E-state index contributed by atoms with van der Waals surface area (Å²) in [4.78, 5) is 11.6. The quantitative estimate of drug-likeness (QED) is 0.765. The molecule has 1 heterocycles. The second-order valence-electron chi connectivity index (χ2n) is 4.49. The normalized spacial score (nSPS) is 16.3. The summed E-state index contributed by atoms with van der Waals surface area (Å²) in [5, 5.41) is 15.3. The minimum Gasteiger partial charge on any atom is -0.389 e. The molecule has 1 aromatic carbocycles. The molecule has 2 rings (SSSR count). The Hall–Kier alpha value is -1.10. The number of aliphatic hydroxyl groups is 1. The van der Waals surface area contributed by atoms with Gasteiger partial charge in [0.05, 0.1) is 12.0 Å². The number of halogens is 1. The smallest absolute Gasteiger partial charge is 0.225 e. The number of hydrogen-bond donors (Lipinski definition) is 3. The largest absolute Gasteiger partial charge is 0.389 e. The molecular formula is C13H19ClN2O2. The van der Waals surface area contributed by atoms with E-state index in [1.807, 2.05) is 24.3 Å². The van der Waals surface area contributed by atoms with Crippen molar-refractivity contribution in [2.45, 2.75) is 19.6 Å². The molecule has 0 spiro atoms. The van der Waals surface area contributed by atoms with E-state index in [1.165, 1.54) is 0 Å². The molecule has 100 valence electrons. The van der Waals surface area contributed by atoms with Crippen LogP contribution in [0.5, 0.6) is 0 Å². The fourth-order valence-electron chi connectivity index (χ4n) is 1.72. The molecule has 0 radical (unpaired) electrons. The van der Waals surface area contributed by atoms with Crippen LogP contribution in [0, 0.1) is 5.92 Å². The molecule has 1 aliphatic heterocycles. The lowest BCUT2D eigenvalue weighted by atomic mass is 10.0. The van der Waals surface area contributed by atoms with Crippen LogP contribution in [0.15, 0.2) is 24.3 Å². The molecule has 1 aromatic rings. The van der Waals surface area contributed by atoms with Gasteiger partial charge in [-0.25, -0.2) is 0 Å². The maximum absolute atomic E-state index is 11.6. The van der Waals surface area contributed by atoms with E-state index < -0.39 is 6.10 Å². The first-order chi connectivity index (χ1) is 8.16. The van der Waals surface area contributed by atoms with Crippen LogP contribution >= 0.6 is 12.4 Å². The Labute approximate surface area is 113 Å². The van der Waals surface area contributed by atoms with Crippen molar-refractivity contribution in [1.29, 1.82) is 0 Å². The van der Waals surface area contributed by atoms with Crippen molar-refractivity contribution in [3.63, 3.8) is 0 Å². The Bertz CT molecular complexity index is 388. The third kappa shape index (κ3) is 3.70. The van der Waals surface area contributed by atoms with Crippen LogP contribution in [0.2, 0.25) is 0 Å². The molecule has 1 atom stereocenters. The second-order valence-corrected chi connectivity index (χ2v) is 4.49. The van der Waals surface area contributed by atoms with Crippen molar-refractivity contribution < 1.29 is 9.90 Å². The molecule has 1 unspecified atom stereocenters. The Balaban J connectivity index is 0.00000162. The molecule has 1 aliphatic rings. The summed E-state index contributed by atoms with van der Waals surface area (Å²) in [5.41, 5.74) is 1.94. The van der Waals surface area contributed by atoms with E-state index in [4.69, 9.17) is 0 Å². The van der Waals surface area contributed by atoms with Crippen LogP contribution in [-0.4, -0.2) is 24.1 Å². The minimum atomic E-state index is -0.445. The highest BCUT2D eigenvalue weighted by molar-refractivity contribution is 5.85. The van der Waals surface area contributed by atoms with Gasteiger partial charge in [-0.15, -0.1) is 12.4 Å². The van der Waals surface area contributed by atoms with Gasteiger partial charge in [-0.3, -0.25) is 4.79 Å². The molecule has 1 saturated heterocycles. The van der Waals surface area contributed by atoms with Crippen molar-refractivity contribution in [2.24, 2.45) is 5.92 Å². The monoisotopic (exact) mass is 270 g/mol. The first-order valence-electron chi connectivity index (χ1n) is 5.92. The summed E-state index contributed by atoms with van der Waals surface area (Å²) in [6, 6.07) is 7.64. The zero-order chi connectivity index (χ0) is 12.3. The van der Waals surface area contributed by atoms with Crippen molar-refractivity contribution >= 4 is 18.3 Å².